The van der Waals surface area contributed by atoms with Crippen LogP contribution in [0.5, 0.6) is 0 Å². The van der Waals surface area contributed by atoms with Gasteiger partial charge in [0.2, 0.25) is 0 Å². The van der Waals surface area contributed by atoms with Crippen molar-refractivity contribution in [2.75, 3.05) is 6.54 Å². The van der Waals surface area contributed by atoms with Crippen LogP contribution in [0.25, 0.3) is 0 Å². The molecule has 1 heteroatoms. The van der Waals surface area contributed by atoms with Crippen molar-refractivity contribution in [2.45, 2.75) is 78.2 Å². The molecule has 0 spiro atoms. The summed E-state index contributed by atoms with van der Waals surface area (Å²) in [6.45, 7) is 12.0. The van der Waals surface area contributed by atoms with E-state index in [4.69, 9.17) is 0 Å². The van der Waals surface area contributed by atoms with Crippen molar-refractivity contribution in [2.24, 2.45) is 11.8 Å². The lowest BCUT2D eigenvalue weighted by Gasteiger charge is -2.35. The van der Waals surface area contributed by atoms with Crippen LogP contribution in [0.3, 0.4) is 0 Å². The fraction of sp³-hybridized carbons (Fsp3) is 0.882. The highest BCUT2D eigenvalue weighted by atomic mass is 14.9. The van der Waals surface area contributed by atoms with Crippen molar-refractivity contribution >= 4 is 0 Å². The van der Waals surface area contributed by atoms with Gasteiger partial charge in [-0.1, -0.05) is 38.7 Å². The summed E-state index contributed by atoms with van der Waals surface area (Å²) in [5.41, 5.74) is 1.33. The van der Waals surface area contributed by atoms with Gasteiger partial charge in [0.25, 0.3) is 0 Å². The highest BCUT2D eigenvalue weighted by molar-refractivity contribution is 4.91. The Morgan fingerprint density at radius 2 is 2.11 bits per heavy atom. The maximum Gasteiger partial charge on any atom is 0.00984 e. The molecule has 0 heterocycles. The summed E-state index contributed by atoms with van der Waals surface area (Å²) in [7, 11) is 0. The van der Waals surface area contributed by atoms with Gasteiger partial charge in [-0.2, -0.15) is 0 Å². The molecule has 1 rings (SSSR count). The Bertz CT molecular complexity index is 234. The minimum atomic E-state index is 0.732. The molecule has 1 aliphatic rings. The molecule has 0 aromatic rings. The van der Waals surface area contributed by atoms with Crippen LogP contribution in [0.2, 0.25) is 0 Å². The molecule has 0 bridgehead atoms. The third-order valence-electron chi connectivity index (χ3n) is 4.51. The van der Waals surface area contributed by atoms with Crippen LogP contribution in [0.1, 0.15) is 72.1 Å². The molecule has 18 heavy (non-hydrogen) atoms. The molecule has 1 fully saturated rings. The Morgan fingerprint density at radius 1 is 1.33 bits per heavy atom. The van der Waals surface area contributed by atoms with E-state index in [2.05, 4.69) is 32.7 Å². The molecule has 3 unspecified atom stereocenters. The zero-order valence-electron chi connectivity index (χ0n) is 12.8. The Labute approximate surface area is 114 Å². The second-order valence-corrected chi connectivity index (χ2v) is 6.26. The molecule has 1 saturated carbocycles. The third kappa shape index (κ3) is 5.56. The van der Waals surface area contributed by atoms with Crippen molar-refractivity contribution < 1.29 is 0 Å². The summed E-state index contributed by atoms with van der Waals surface area (Å²) < 4.78 is 0. The van der Waals surface area contributed by atoms with Crippen molar-refractivity contribution in [3.8, 4) is 0 Å². The van der Waals surface area contributed by atoms with Gasteiger partial charge in [-0.25, -0.2) is 0 Å². The zero-order valence-corrected chi connectivity index (χ0v) is 12.8. The van der Waals surface area contributed by atoms with Gasteiger partial charge in [-0.3, -0.25) is 0 Å². The normalized spacial score (nSPS) is 25.9. The smallest absolute Gasteiger partial charge is 0.00984 e. The maximum atomic E-state index is 4.06. The van der Waals surface area contributed by atoms with E-state index < -0.39 is 0 Å². The third-order valence-corrected chi connectivity index (χ3v) is 4.51. The summed E-state index contributed by atoms with van der Waals surface area (Å²) in [6, 6.07) is 0.732. The standard InChI is InChI=1S/C17H33N/c1-5-12-18-17(11-10-14(3)4)16-9-7-8-15(6-2)13-16/h15-18H,3,5-13H2,1-2,4H3. The van der Waals surface area contributed by atoms with Gasteiger partial charge in [-0.05, 0) is 57.4 Å². The van der Waals surface area contributed by atoms with Crippen LogP contribution >= 0.6 is 0 Å². The quantitative estimate of drug-likeness (QED) is 0.603. The first-order valence-electron chi connectivity index (χ1n) is 8.05. The van der Waals surface area contributed by atoms with Crippen LogP contribution in [-0.2, 0) is 0 Å². The van der Waals surface area contributed by atoms with Crippen molar-refractivity contribution in [1.82, 2.24) is 5.32 Å². The molecule has 1 aliphatic carbocycles. The highest BCUT2D eigenvalue weighted by Gasteiger charge is 2.26. The molecule has 1 N–H and O–H groups in total. The summed E-state index contributed by atoms with van der Waals surface area (Å²) in [6.07, 6.45) is 10.9. The number of hydrogen-bond acceptors (Lipinski definition) is 1. The van der Waals surface area contributed by atoms with Gasteiger partial charge >= 0.3 is 0 Å². The molecule has 3 atom stereocenters. The van der Waals surface area contributed by atoms with E-state index >= 15 is 0 Å². The summed E-state index contributed by atoms with van der Waals surface area (Å²) >= 11 is 0. The second-order valence-electron chi connectivity index (χ2n) is 6.26. The van der Waals surface area contributed by atoms with Crippen LogP contribution < -0.4 is 5.32 Å². The van der Waals surface area contributed by atoms with Crippen LogP contribution in [0, 0.1) is 11.8 Å². The van der Waals surface area contributed by atoms with Gasteiger partial charge in [0.1, 0.15) is 0 Å². The predicted octanol–water partition coefficient (Wildman–Crippen LogP) is 4.93. The van der Waals surface area contributed by atoms with Gasteiger partial charge in [0.05, 0.1) is 0 Å². The lowest BCUT2D eigenvalue weighted by atomic mass is 9.75. The van der Waals surface area contributed by atoms with Crippen LogP contribution in [0.4, 0.5) is 0 Å². The highest BCUT2D eigenvalue weighted by Crippen LogP contribution is 2.34. The molecule has 0 amide bonds. The molecule has 0 radical (unpaired) electrons. The molecule has 0 aliphatic heterocycles. The molecule has 1 nitrogen and oxygen atoms in total. The predicted molar refractivity (Wildman–Crippen MR) is 81.9 cm³/mol. The van der Waals surface area contributed by atoms with E-state index in [1.807, 2.05) is 0 Å². The van der Waals surface area contributed by atoms with Gasteiger partial charge in [0.15, 0.2) is 0 Å². The molecule has 0 aromatic heterocycles. The van der Waals surface area contributed by atoms with Crippen LogP contribution in [-0.4, -0.2) is 12.6 Å². The molecule has 0 aromatic carbocycles. The minimum absolute atomic E-state index is 0.732. The summed E-state index contributed by atoms with van der Waals surface area (Å²) in [5.74, 6) is 1.90. The van der Waals surface area contributed by atoms with Gasteiger partial charge < -0.3 is 5.32 Å². The van der Waals surface area contributed by atoms with E-state index in [0.29, 0.717) is 0 Å². The number of nitrogens with one attached hydrogen (secondary N) is 1. The Balaban J connectivity index is 2.48. The average Bonchev–Trinajstić information content (AvgIpc) is 2.38. The lowest BCUT2D eigenvalue weighted by Crippen LogP contribution is -2.39. The van der Waals surface area contributed by atoms with Crippen molar-refractivity contribution in [1.29, 1.82) is 0 Å². The first kappa shape index (κ1) is 15.8. The second kappa shape index (κ2) is 8.74. The topological polar surface area (TPSA) is 12.0 Å². The number of hydrogen-bond donors (Lipinski definition) is 1. The molecule has 0 saturated heterocycles. The molecular formula is C17H33N. The number of allylic oxidation sites excluding steroid dienone is 1. The fourth-order valence-corrected chi connectivity index (χ4v) is 3.30. The molecule has 106 valence electrons. The van der Waals surface area contributed by atoms with E-state index in [1.54, 1.807) is 0 Å². The van der Waals surface area contributed by atoms with E-state index in [1.165, 1.54) is 63.5 Å². The fourth-order valence-electron chi connectivity index (χ4n) is 3.30. The van der Waals surface area contributed by atoms with E-state index in [-0.39, 0.29) is 0 Å². The van der Waals surface area contributed by atoms with Gasteiger partial charge in [0, 0.05) is 6.04 Å². The summed E-state index contributed by atoms with van der Waals surface area (Å²) in [4.78, 5) is 0. The zero-order chi connectivity index (χ0) is 13.4. The van der Waals surface area contributed by atoms with Crippen LogP contribution in [0.15, 0.2) is 12.2 Å². The first-order chi connectivity index (χ1) is 8.67. The lowest BCUT2D eigenvalue weighted by molar-refractivity contribution is 0.202. The van der Waals surface area contributed by atoms with Gasteiger partial charge in [-0.15, -0.1) is 6.58 Å². The minimum Gasteiger partial charge on any atom is -0.314 e. The Hall–Kier alpha value is -0.300. The monoisotopic (exact) mass is 251 g/mol. The van der Waals surface area contributed by atoms with Crippen molar-refractivity contribution in [3.63, 3.8) is 0 Å². The maximum absolute atomic E-state index is 4.06. The van der Waals surface area contributed by atoms with E-state index in [9.17, 15) is 0 Å². The van der Waals surface area contributed by atoms with Crippen molar-refractivity contribution in [3.05, 3.63) is 12.2 Å². The number of rotatable bonds is 8. The first-order valence-corrected chi connectivity index (χ1v) is 8.05. The Kier molecular flexibility index (Phi) is 7.65. The summed E-state index contributed by atoms with van der Waals surface area (Å²) in [5, 5.41) is 3.80. The largest absolute Gasteiger partial charge is 0.314 e. The van der Waals surface area contributed by atoms with E-state index in [0.717, 1.165) is 17.9 Å². The SMILES string of the molecule is C=C(C)CCC(NCCC)C1CCCC(CC)C1. The Morgan fingerprint density at radius 3 is 2.72 bits per heavy atom. The average molecular weight is 251 g/mol. The molecular weight excluding hydrogens is 218 g/mol.